The van der Waals surface area contributed by atoms with Gasteiger partial charge in [0.15, 0.2) is 11.9 Å². The van der Waals surface area contributed by atoms with Gasteiger partial charge in [0.25, 0.3) is 0 Å². The molecule has 0 unspecified atom stereocenters. The van der Waals surface area contributed by atoms with E-state index in [-0.39, 0.29) is 55.8 Å². The molecule has 1 fully saturated rings. The molecule has 1 aliphatic rings. The molecule has 3 rings (SSSR count). The fourth-order valence-corrected chi connectivity index (χ4v) is 6.90. The molecule has 2 aromatic carbocycles. The molecule has 18 heteroatoms. The van der Waals surface area contributed by atoms with Gasteiger partial charge < -0.3 is 49.9 Å². The Kier molecular flexibility index (Phi) is 14.4. The Labute approximate surface area is 279 Å². The first-order chi connectivity index (χ1) is 22.4. The first-order valence-corrected chi connectivity index (χ1v) is 17.2. The van der Waals surface area contributed by atoms with E-state index >= 15 is 0 Å². The number of amides is 5. The highest BCUT2D eigenvalue weighted by Crippen LogP contribution is 2.24. The van der Waals surface area contributed by atoms with E-state index in [4.69, 9.17) is 28.7 Å². The van der Waals surface area contributed by atoms with Crippen molar-refractivity contribution in [1.82, 2.24) is 21.3 Å². The second kappa shape index (κ2) is 18.4. The minimum atomic E-state index is -1.13. The quantitative estimate of drug-likeness (QED) is 0.0535. The van der Waals surface area contributed by atoms with E-state index in [9.17, 15) is 24.0 Å². The SMILES string of the molecule is NC(=O)[C@H]1CSSC[C@H](NC(=O)CCN=C(N)N)C(=O)N[C@@H](CCCN=C(N)N)C(=O)N[C@H](Cc2ccc3ccccc3c2)C(=O)N1. The number of nitrogens with zero attached hydrogens (tertiary/aromatic N) is 2. The Bertz CT molecular complexity index is 1500. The predicted octanol–water partition coefficient (Wildman–Crippen LogP) is -2.08. The van der Waals surface area contributed by atoms with Crippen molar-refractivity contribution in [1.29, 1.82) is 0 Å². The zero-order chi connectivity index (χ0) is 34.3. The van der Waals surface area contributed by atoms with Crippen LogP contribution in [-0.4, -0.2) is 90.2 Å². The fraction of sp³-hybridized carbons (Fsp3) is 0.414. The van der Waals surface area contributed by atoms with Gasteiger partial charge in [-0.2, -0.15) is 0 Å². The Morgan fingerprint density at radius 2 is 1.43 bits per heavy atom. The van der Waals surface area contributed by atoms with Crippen LogP contribution in [0.25, 0.3) is 10.8 Å². The van der Waals surface area contributed by atoms with Crippen LogP contribution in [0.3, 0.4) is 0 Å². The van der Waals surface area contributed by atoms with Gasteiger partial charge in [0, 0.05) is 30.9 Å². The standard InChI is InChI=1S/C29H41N11O5S2/c30-24(42)21-14-46-47-15-22(37-23(41)9-11-36-29(33)34)27(45)38-19(6-3-10-35-28(31)32)25(43)39-20(26(44)40-21)13-16-7-8-17-4-1-2-5-18(17)12-16/h1-2,4-5,7-8,12,19-22H,3,6,9-11,13-15H2,(H2,30,42)(H,37,41)(H,38,45)(H,39,43)(H,40,44)(H4,31,32,35)(H4,33,34,36)/t19-,20+,21+,22-/m0/s1. The van der Waals surface area contributed by atoms with Gasteiger partial charge in [0.1, 0.15) is 24.2 Å². The number of benzene rings is 2. The fourth-order valence-electron chi connectivity index (χ4n) is 4.56. The van der Waals surface area contributed by atoms with Gasteiger partial charge in [-0.15, -0.1) is 0 Å². The van der Waals surface area contributed by atoms with E-state index in [0.29, 0.717) is 6.42 Å². The first-order valence-electron chi connectivity index (χ1n) is 14.8. The summed E-state index contributed by atoms with van der Waals surface area (Å²) < 4.78 is 0. The van der Waals surface area contributed by atoms with Crippen LogP contribution >= 0.6 is 21.6 Å². The third-order valence-corrected chi connectivity index (χ3v) is 9.38. The molecule has 47 heavy (non-hydrogen) atoms. The van der Waals surface area contributed by atoms with Crippen LogP contribution in [0.2, 0.25) is 0 Å². The van der Waals surface area contributed by atoms with Crippen molar-refractivity contribution in [2.24, 2.45) is 38.7 Å². The molecule has 1 heterocycles. The van der Waals surface area contributed by atoms with Crippen LogP contribution in [0.1, 0.15) is 24.8 Å². The molecule has 0 saturated carbocycles. The molecule has 1 saturated heterocycles. The molecular formula is C29H41N11O5S2. The Balaban J connectivity index is 1.90. The van der Waals surface area contributed by atoms with Crippen molar-refractivity contribution in [3.05, 3.63) is 48.0 Å². The maximum atomic E-state index is 13.7. The zero-order valence-corrected chi connectivity index (χ0v) is 27.3. The Hall–Kier alpha value is -4.71. The van der Waals surface area contributed by atoms with Crippen molar-refractivity contribution >= 4 is 73.8 Å². The van der Waals surface area contributed by atoms with Crippen LogP contribution in [0, 0.1) is 0 Å². The van der Waals surface area contributed by atoms with Crippen molar-refractivity contribution < 1.29 is 24.0 Å². The summed E-state index contributed by atoms with van der Waals surface area (Å²) >= 11 is 0. The van der Waals surface area contributed by atoms with E-state index in [1.807, 2.05) is 42.5 Å². The average Bonchev–Trinajstić information content (AvgIpc) is 3.01. The predicted molar refractivity (Wildman–Crippen MR) is 185 cm³/mol. The van der Waals surface area contributed by atoms with Crippen molar-refractivity contribution in [2.75, 3.05) is 24.6 Å². The van der Waals surface area contributed by atoms with Gasteiger partial charge in [0.2, 0.25) is 29.5 Å². The summed E-state index contributed by atoms with van der Waals surface area (Å²) in [6.45, 7) is 0.194. The molecular weight excluding hydrogens is 647 g/mol. The number of carbonyl (C=O) groups excluding carboxylic acids is 5. The number of hydrogen-bond donors (Lipinski definition) is 9. The van der Waals surface area contributed by atoms with Gasteiger partial charge in [-0.25, -0.2) is 0 Å². The highest BCUT2D eigenvalue weighted by atomic mass is 33.1. The van der Waals surface area contributed by atoms with Crippen LogP contribution in [0.4, 0.5) is 0 Å². The minimum absolute atomic E-state index is 0.0127. The number of rotatable bonds is 11. The van der Waals surface area contributed by atoms with Gasteiger partial charge in [-0.05, 0) is 29.2 Å². The maximum Gasteiger partial charge on any atom is 0.244 e. The van der Waals surface area contributed by atoms with Crippen molar-refractivity contribution in [3.63, 3.8) is 0 Å². The van der Waals surface area contributed by atoms with Gasteiger partial charge in [-0.3, -0.25) is 34.0 Å². The molecule has 0 aliphatic carbocycles. The second-order valence-electron chi connectivity index (χ2n) is 10.7. The lowest BCUT2D eigenvalue weighted by Crippen LogP contribution is -2.59. The average molecular weight is 688 g/mol. The molecule has 2 aromatic rings. The van der Waals surface area contributed by atoms with Gasteiger partial charge >= 0.3 is 0 Å². The number of primary amides is 1. The summed E-state index contributed by atoms with van der Waals surface area (Å²) in [6.07, 6.45) is 0.407. The third-order valence-electron chi connectivity index (χ3n) is 6.96. The summed E-state index contributed by atoms with van der Waals surface area (Å²) in [5.74, 6) is -3.33. The summed E-state index contributed by atoms with van der Waals surface area (Å²) in [5, 5.41) is 12.7. The topological polar surface area (TPSA) is 288 Å². The number of aliphatic imine (C=N–C) groups is 2. The number of nitrogens with two attached hydrogens (primary N) is 5. The normalized spacial score (nSPS) is 20.9. The summed E-state index contributed by atoms with van der Waals surface area (Å²) in [5.41, 5.74) is 27.9. The number of fused-ring (bicyclic) bond motifs is 1. The minimum Gasteiger partial charge on any atom is -0.370 e. The summed E-state index contributed by atoms with van der Waals surface area (Å²) in [7, 11) is 2.37. The Morgan fingerprint density at radius 1 is 0.787 bits per heavy atom. The Morgan fingerprint density at radius 3 is 2.13 bits per heavy atom. The van der Waals surface area contributed by atoms with Crippen LogP contribution < -0.4 is 49.9 Å². The summed E-state index contributed by atoms with van der Waals surface area (Å²) in [6, 6.07) is 8.97. The van der Waals surface area contributed by atoms with Crippen molar-refractivity contribution in [3.8, 4) is 0 Å². The van der Waals surface area contributed by atoms with E-state index in [1.54, 1.807) is 0 Å². The molecule has 14 N–H and O–H groups in total. The lowest BCUT2D eigenvalue weighted by molar-refractivity contribution is -0.134. The van der Waals surface area contributed by atoms with Crippen LogP contribution in [0.5, 0.6) is 0 Å². The molecule has 1 aliphatic heterocycles. The van der Waals surface area contributed by atoms with E-state index in [1.165, 1.54) is 21.6 Å². The third kappa shape index (κ3) is 12.5. The highest BCUT2D eigenvalue weighted by molar-refractivity contribution is 8.76. The first kappa shape index (κ1) is 36.8. The van der Waals surface area contributed by atoms with E-state index in [2.05, 4.69) is 31.3 Å². The van der Waals surface area contributed by atoms with Gasteiger partial charge in [0.05, 0.1) is 6.54 Å². The molecule has 0 bridgehead atoms. The van der Waals surface area contributed by atoms with Crippen molar-refractivity contribution in [2.45, 2.75) is 49.9 Å². The van der Waals surface area contributed by atoms with Crippen LogP contribution in [0.15, 0.2) is 52.4 Å². The smallest absolute Gasteiger partial charge is 0.244 e. The number of nitrogens with one attached hydrogen (secondary N) is 4. The molecule has 16 nitrogen and oxygen atoms in total. The second-order valence-corrected chi connectivity index (χ2v) is 13.2. The lowest BCUT2D eigenvalue weighted by Gasteiger charge is -2.27. The molecule has 0 aromatic heterocycles. The van der Waals surface area contributed by atoms with Gasteiger partial charge in [-0.1, -0.05) is 64.1 Å². The summed E-state index contributed by atoms with van der Waals surface area (Å²) in [4.78, 5) is 73.5. The molecule has 254 valence electrons. The molecule has 4 atom stereocenters. The van der Waals surface area contributed by atoms with E-state index in [0.717, 1.165) is 16.3 Å². The maximum absolute atomic E-state index is 13.7. The molecule has 5 amide bonds. The number of carbonyl (C=O) groups is 5. The largest absolute Gasteiger partial charge is 0.370 e. The van der Waals surface area contributed by atoms with Crippen LogP contribution in [-0.2, 0) is 30.4 Å². The monoisotopic (exact) mass is 687 g/mol. The number of guanidine groups is 2. The lowest BCUT2D eigenvalue weighted by atomic mass is 10.00. The van der Waals surface area contributed by atoms with E-state index < -0.39 is 53.7 Å². The molecule has 0 radical (unpaired) electrons. The molecule has 0 spiro atoms. The highest BCUT2D eigenvalue weighted by Gasteiger charge is 2.32. The number of hydrogen-bond acceptors (Lipinski definition) is 9. The zero-order valence-electron chi connectivity index (χ0n) is 25.6.